The smallest absolute Gasteiger partial charge is 0.328 e. The highest BCUT2D eigenvalue weighted by atomic mass is 16.5. The molecule has 0 radical (unpaired) electrons. The summed E-state index contributed by atoms with van der Waals surface area (Å²) in [6.07, 6.45) is -1.15. The maximum Gasteiger partial charge on any atom is 0.328 e. The van der Waals surface area contributed by atoms with Crippen molar-refractivity contribution in [3.63, 3.8) is 0 Å². The molecule has 1 aromatic rings. The highest BCUT2D eigenvalue weighted by molar-refractivity contribution is 5.92. The van der Waals surface area contributed by atoms with E-state index in [9.17, 15) is 29.4 Å². The zero-order valence-electron chi connectivity index (χ0n) is 19.7. The third kappa shape index (κ3) is 10.2. The molecule has 0 aliphatic carbocycles. The fraction of sp³-hybridized carbons (Fsp3) is 0.565. The van der Waals surface area contributed by atoms with Gasteiger partial charge in [0.05, 0.1) is 7.11 Å². The number of rotatable bonds is 14. The summed E-state index contributed by atoms with van der Waals surface area (Å²) in [5.41, 5.74) is 6.48. The Morgan fingerprint density at radius 3 is 2.15 bits per heavy atom. The molecule has 0 fully saturated rings. The number of nitrogens with two attached hydrogens (primary N) is 1. The third-order valence-corrected chi connectivity index (χ3v) is 5.12. The lowest BCUT2D eigenvalue weighted by Gasteiger charge is -2.25. The van der Waals surface area contributed by atoms with Crippen LogP contribution in [-0.2, 0) is 30.3 Å². The summed E-state index contributed by atoms with van der Waals surface area (Å²) in [6.45, 7) is 3.68. The molecule has 0 aliphatic heterocycles. The first-order chi connectivity index (χ1) is 15.9. The number of aromatic hydroxyl groups is 1. The predicted molar refractivity (Wildman–Crippen MR) is 123 cm³/mol. The van der Waals surface area contributed by atoms with E-state index in [2.05, 4.69) is 10.6 Å². The lowest BCUT2D eigenvalue weighted by Crippen LogP contribution is -2.56. The Labute approximate surface area is 198 Å². The lowest BCUT2D eigenvalue weighted by molar-refractivity contribution is -0.145. The van der Waals surface area contributed by atoms with Gasteiger partial charge in [0, 0.05) is 18.9 Å². The highest BCUT2D eigenvalue weighted by Crippen LogP contribution is 2.13. The molecular formula is C23H35N3O8. The van der Waals surface area contributed by atoms with Crippen LogP contribution in [0.25, 0.3) is 0 Å². The van der Waals surface area contributed by atoms with Crippen LogP contribution in [0.5, 0.6) is 5.75 Å². The van der Waals surface area contributed by atoms with Crippen molar-refractivity contribution in [2.24, 2.45) is 11.7 Å². The molecule has 0 spiro atoms. The monoisotopic (exact) mass is 481 g/mol. The van der Waals surface area contributed by atoms with Crippen LogP contribution < -0.4 is 16.4 Å². The number of carbonyl (C=O) groups excluding carboxylic acids is 3. The van der Waals surface area contributed by atoms with Crippen LogP contribution >= 0.6 is 0 Å². The van der Waals surface area contributed by atoms with E-state index in [1.807, 2.05) is 13.8 Å². The number of ether oxygens (including phenoxy) is 1. The quantitative estimate of drug-likeness (QED) is 0.200. The molecule has 0 aliphatic rings. The van der Waals surface area contributed by atoms with Crippen molar-refractivity contribution >= 4 is 23.8 Å². The average molecular weight is 482 g/mol. The molecule has 0 saturated carbocycles. The Balaban J connectivity index is 2.88. The molecule has 7 N–H and O–H groups in total. The average Bonchev–Trinajstić information content (AvgIpc) is 2.77. The number of phenols is 1. The number of carbonyl (C=O) groups is 4. The molecule has 2 amide bonds. The second-order valence-corrected chi connectivity index (χ2v) is 8.54. The van der Waals surface area contributed by atoms with Gasteiger partial charge in [-0.2, -0.15) is 0 Å². The zero-order chi connectivity index (χ0) is 25.8. The zero-order valence-corrected chi connectivity index (χ0v) is 19.7. The van der Waals surface area contributed by atoms with Crippen LogP contribution in [0.2, 0.25) is 0 Å². The van der Waals surface area contributed by atoms with Gasteiger partial charge in [0.25, 0.3) is 5.91 Å². The number of carboxylic acids is 1. The van der Waals surface area contributed by atoms with E-state index < -0.39 is 48.0 Å². The molecule has 0 heterocycles. The molecule has 190 valence electrons. The standard InChI is InChI=1S/C23H35N3O8/c1-13(2)11-17(25-22(32)20(30)16(24)5-4-6-19(28)29)21(31)26-18(23(33)34-3)12-14-7-9-15(27)10-8-14/h7-10,13,16-18,20,27,30H,4-6,11-12,24H2,1-3H3,(H,25,32)(H,26,31)(H,28,29)/t16-,17+,18+,20+/m1/s1. The predicted octanol–water partition coefficient (Wildman–Crippen LogP) is 0.0665. The van der Waals surface area contributed by atoms with Gasteiger partial charge in [0.2, 0.25) is 5.91 Å². The number of methoxy groups -OCH3 is 1. The van der Waals surface area contributed by atoms with Gasteiger partial charge in [-0.15, -0.1) is 0 Å². The van der Waals surface area contributed by atoms with Gasteiger partial charge < -0.3 is 36.4 Å². The Bertz CT molecular complexity index is 828. The topological polar surface area (TPSA) is 188 Å². The minimum Gasteiger partial charge on any atom is -0.508 e. The summed E-state index contributed by atoms with van der Waals surface area (Å²) in [6, 6.07) is 3.01. The van der Waals surface area contributed by atoms with E-state index in [-0.39, 0.29) is 43.8 Å². The van der Waals surface area contributed by atoms with Gasteiger partial charge in [-0.25, -0.2) is 4.79 Å². The number of benzene rings is 1. The highest BCUT2D eigenvalue weighted by Gasteiger charge is 2.31. The summed E-state index contributed by atoms with van der Waals surface area (Å²) < 4.78 is 4.79. The summed E-state index contributed by atoms with van der Waals surface area (Å²) in [4.78, 5) is 48.4. The van der Waals surface area contributed by atoms with Crippen molar-refractivity contribution in [2.75, 3.05) is 7.11 Å². The first-order valence-electron chi connectivity index (χ1n) is 11.1. The molecule has 11 heteroatoms. The molecule has 34 heavy (non-hydrogen) atoms. The molecule has 0 bridgehead atoms. The van der Waals surface area contributed by atoms with Gasteiger partial charge >= 0.3 is 11.9 Å². The molecule has 0 unspecified atom stereocenters. The fourth-order valence-electron chi connectivity index (χ4n) is 3.28. The fourth-order valence-corrected chi connectivity index (χ4v) is 3.28. The number of aliphatic carboxylic acids is 1. The SMILES string of the molecule is COC(=O)[C@H](Cc1ccc(O)cc1)NC(=O)[C@H](CC(C)C)NC(=O)[C@@H](O)[C@H](N)CCCC(=O)O. The summed E-state index contributed by atoms with van der Waals surface area (Å²) in [7, 11) is 1.19. The van der Waals surface area contributed by atoms with Crippen LogP contribution in [0.3, 0.4) is 0 Å². The summed E-state index contributed by atoms with van der Waals surface area (Å²) in [5.74, 6) is -3.14. The molecular weight excluding hydrogens is 446 g/mol. The van der Waals surface area contributed by atoms with Crippen molar-refractivity contribution < 1.29 is 39.2 Å². The van der Waals surface area contributed by atoms with Crippen molar-refractivity contribution in [3.8, 4) is 5.75 Å². The number of nitrogens with one attached hydrogen (secondary N) is 2. The molecule has 1 rings (SSSR count). The van der Waals surface area contributed by atoms with Gasteiger partial charge in [-0.3, -0.25) is 14.4 Å². The van der Waals surface area contributed by atoms with Crippen molar-refractivity contribution in [3.05, 3.63) is 29.8 Å². The van der Waals surface area contributed by atoms with Gasteiger partial charge in [-0.05, 0) is 42.9 Å². The Hall–Kier alpha value is -3.18. The molecule has 0 saturated heterocycles. The van der Waals surface area contributed by atoms with Crippen LogP contribution in [-0.4, -0.2) is 70.4 Å². The largest absolute Gasteiger partial charge is 0.508 e. The minimum atomic E-state index is -1.63. The Morgan fingerprint density at radius 2 is 1.62 bits per heavy atom. The van der Waals surface area contributed by atoms with E-state index in [0.717, 1.165) is 0 Å². The Kier molecular flexibility index (Phi) is 12.0. The van der Waals surface area contributed by atoms with Crippen molar-refractivity contribution in [2.45, 2.75) is 70.2 Å². The number of esters is 1. The van der Waals surface area contributed by atoms with E-state index in [1.54, 1.807) is 12.1 Å². The van der Waals surface area contributed by atoms with E-state index in [1.165, 1.54) is 19.2 Å². The molecule has 0 aromatic heterocycles. The Morgan fingerprint density at radius 1 is 1.03 bits per heavy atom. The third-order valence-electron chi connectivity index (χ3n) is 5.12. The van der Waals surface area contributed by atoms with E-state index >= 15 is 0 Å². The second-order valence-electron chi connectivity index (χ2n) is 8.54. The number of amides is 2. The van der Waals surface area contributed by atoms with Gasteiger partial charge in [0.15, 0.2) is 0 Å². The number of aliphatic hydroxyl groups is 1. The first-order valence-corrected chi connectivity index (χ1v) is 11.1. The minimum absolute atomic E-state index is 0.00823. The maximum atomic E-state index is 13.0. The number of hydrogen-bond donors (Lipinski definition) is 6. The van der Waals surface area contributed by atoms with E-state index in [4.69, 9.17) is 15.6 Å². The van der Waals surface area contributed by atoms with Gasteiger partial charge in [-0.1, -0.05) is 26.0 Å². The second kappa shape index (κ2) is 14.2. The molecule has 4 atom stereocenters. The van der Waals surface area contributed by atoms with Gasteiger partial charge in [0.1, 0.15) is 23.9 Å². The number of aliphatic hydroxyl groups excluding tert-OH is 1. The molecule has 11 nitrogen and oxygen atoms in total. The number of hydrogen-bond acceptors (Lipinski definition) is 8. The van der Waals surface area contributed by atoms with Crippen LogP contribution in [0.1, 0.15) is 45.1 Å². The van der Waals surface area contributed by atoms with Crippen LogP contribution in [0.4, 0.5) is 0 Å². The van der Waals surface area contributed by atoms with Crippen molar-refractivity contribution in [1.82, 2.24) is 10.6 Å². The molecule has 1 aromatic carbocycles. The van der Waals surface area contributed by atoms with Crippen molar-refractivity contribution in [1.29, 1.82) is 0 Å². The number of carboxylic acid groups (broad SMARTS) is 1. The lowest BCUT2D eigenvalue weighted by atomic mass is 10.00. The summed E-state index contributed by atoms with van der Waals surface area (Å²) >= 11 is 0. The van der Waals surface area contributed by atoms with E-state index in [0.29, 0.717) is 5.56 Å². The van der Waals surface area contributed by atoms with Crippen LogP contribution in [0.15, 0.2) is 24.3 Å². The first kappa shape index (κ1) is 28.9. The summed E-state index contributed by atoms with van der Waals surface area (Å²) in [5, 5.41) is 33.4. The number of phenolic OH excluding ortho intramolecular Hbond substituents is 1. The maximum absolute atomic E-state index is 13.0. The normalized spacial score (nSPS) is 14.5. The van der Waals surface area contributed by atoms with Crippen LogP contribution in [0, 0.1) is 5.92 Å².